The second-order valence-electron chi connectivity index (χ2n) is 8.43. The molecule has 0 unspecified atom stereocenters. The molecule has 0 amide bonds. The number of aryl methyl sites for hydroxylation is 2. The van der Waals surface area contributed by atoms with Crippen molar-refractivity contribution in [1.29, 1.82) is 0 Å². The van der Waals surface area contributed by atoms with Crippen LogP contribution in [0.5, 0.6) is 0 Å². The standard InChI is InChI=1S/C26H26F3N5OS/c1-33(23-10-5-19(6-11-23)4-2-3-14-34-15-13-30-32-34)17-22-18-35-25(31-22)12-8-20-7-9-21(16-24(20)36)26(27,28)29/h5-13,15-16,18,36H,2-4,14,17H2,1H3. The Morgan fingerprint density at radius 1 is 1.08 bits per heavy atom. The maximum absolute atomic E-state index is 12.8. The van der Waals surface area contributed by atoms with Crippen molar-refractivity contribution in [2.45, 2.75) is 43.4 Å². The largest absolute Gasteiger partial charge is 0.445 e. The first kappa shape index (κ1) is 25.6. The van der Waals surface area contributed by atoms with Gasteiger partial charge in [-0.15, -0.1) is 17.7 Å². The summed E-state index contributed by atoms with van der Waals surface area (Å²) in [5.41, 5.74) is 2.90. The van der Waals surface area contributed by atoms with Crippen LogP contribution in [-0.4, -0.2) is 27.0 Å². The third kappa shape index (κ3) is 7.00. The Hall–Kier alpha value is -3.53. The smallest absolute Gasteiger partial charge is 0.416 e. The van der Waals surface area contributed by atoms with Crippen LogP contribution in [0.2, 0.25) is 0 Å². The number of hydrogen-bond donors (Lipinski definition) is 1. The van der Waals surface area contributed by atoms with Crippen molar-refractivity contribution in [2.75, 3.05) is 11.9 Å². The third-order valence-electron chi connectivity index (χ3n) is 5.68. The Labute approximate surface area is 212 Å². The Bertz CT molecular complexity index is 1280. The van der Waals surface area contributed by atoms with Gasteiger partial charge in [0.1, 0.15) is 6.26 Å². The minimum atomic E-state index is -4.40. The molecule has 188 valence electrons. The topological polar surface area (TPSA) is 60.0 Å². The van der Waals surface area contributed by atoms with Gasteiger partial charge in [-0.3, -0.25) is 4.68 Å². The van der Waals surface area contributed by atoms with E-state index in [1.807, 2.05) is 17.9 Å². The van der Waals surface area contributed by atoms with Crippen LogP contribution in [0.4, 0.5) is 18.9 Å². The molecule has 0 aliphatic rings. The molecule has 0 atom stereocenters. The van der Waals surface area contributed by atoms with Crippen LogP contribution < -0.4 is 4.90 Å². The van der Waals surface area contributed by atoms with Gasteiger partial charge in [-0.25, -0.2) is 4.98 Å². The minimum absolute atomic E-state index is 0.228. The molecule has 10 heteroatoms. The molecule has 0 bridgehead atoms. The molecular weight excluding hydrogens is 487 g/mol. The molecule has 0 saturated carbocycles. The minimum Gasteiger partial charge on any atom is -0.445 e. The van der Waals surface area contributed by atoms with E-state index in [2.05, 4.69) is 57.1 Å². The molecule has 2 aromatic heterocycles. The maximum Gasteiger partial charge on any atom is 0.416 e. The van der Waals surface area contributed by atoms with Crippen LogP contribution in [0, 0.1) is 0 Å². The number of rotatable bonds is 10. The zero-order valence-electron chi connectivity index (χ0n) is 19.7. The van der Waals surface area contributed by atoms with E-state index in [0.717, 1.165) is 49.3 Å². The average molecular weight is 514 g/mol. The van der Waals surface area contributed by atoms with Gasteiger partial charge in [0.25, 0.3) is 0 Å². The van der Waals surface area contributed by atoms with Crippen molar-refractivity contribution in [1.82, 2.24) is 20.0 Å². The number of anilines is 1. The summed E-state index contributed by atoms with van der Waals surface area (Å²) in [7, 11) is 1.98. The third-order valence-corrected chi connectivity index (χ3v) is 6.07. The Kier molecular flexibility index (Phi) is 8.14. The summed E-state index contributed by atoms with van der Waals surface area (Å²) < 4.78 is 45.8. The SMILES string of the molecule is CN(Cc1coc(C=Cc2ccc(C(F)(F)F)cc2S)n1)c1ccc(CCCCn2ccnn2)cc1. The van der Waals surface area contributed by atoms with Gasteiger partial charge in [-0.1, -0.05) is 23.4 Å². The summed E-state index contributed by atoms with van der Waals surface area (Å²) in [6.45, 7) is 1.42. The van der Waals surface area contributed by atoms with Crippen LogP contribution in [0.3, 0.4) is 0 Å². The van der Waals surface area contributed by atoms with Crippen molar-refractivity contribution >= 4 is 30.5 Å². The van der Waals surface area contributed by atoms with E-state index in [4.69, 9.17) is 4.42 Å². The van der Waals surface area contributed by atoms with E-state index in [1.165, 1.54) is 11.6 Å². The lowest BCUT2D eigenvalue weighted by atomic mass is 10.1. The molecule has 0 fully saturated rings. The number of nitrogens with zero attached hydrogens (tertiary/aromatic N) is 5. The molecule has 36 heavy (non-hydrogen) atoms. The van der Waals surface area contributed by atoms with Gasteiger partial charge in [0.05, 0.1) is 24.0 Å². The van der Waals surface area contributed by atoms with E-state index in [9.17, 15) is 13.2 Å². The quantitative estimate of drug-likeness (QED) is 0.196. The summed E-state index contributed by atoms with van der Waals surface area (Å²) in [6.07, 6.45) is 7.11. The number of alkyl halides is 3. The molecule has 2 heterocycles. The van der Waals surface area contributed by atoms with Gasteiger partial charge in [0.15, 0.2) is 0 Å². The zero-order chi connectivity index (χ0) is 25.5. The predicted molar refractivity (Wildman–Crippen MR) is 136 cm³/mol. The van der Waals surface area contributed by atoms with Gasteiger partial charge in [0.2, 0.25) is 5.89 Å². The number of unbranched alkanes of at least 4 members (excludes halogenated alkanes) is 1. The summed E-state index contributed by atoms with van der Waals surface area (Å²) in [4.78, 5) is 6.75. The van der Waals surface area contributed by atoms with Crippen LogP contribution in [0.15, 0.2) is 70.4 Å². The van der Waals surface area contributed by atoms with Gasteiger partial charge < -0.3 is 9.32 Å². The monoisotopic (exact) mass is 513 g/mol. The summed E-state index contributed by atoms with van der Waals surface area (Å²) >= 11 is 4.17. The van der Waals surface area contributed by atoms with Gasteiger partial charge in [-0.2, -0.15) is 13.2 Å². The second kappa shape index (κ2) is 11.5. The molecule has 0 saturated heterocycles. The number of thiol groups is 1. The first-order chi connectivity index (χ1) is 17.3. The van der Waals surface area contributed by atoms with E-state index < -0.39 is 11.7 Å². The molecular formula is C26H26F3N5OS. The molecule has 4 aromatic rings. The fourth-order valence-corrected chi connectivity index (χ4v) is 3.99. The molecule has 2 aromatic carbocycles. The molecule has 0 spiro atoms. The molecule has 4 rings (SSSR count). The molecule has 0 N–H and O–H groups in total. The lowest BCUT2D eigenvalue weighted by Gasteiger charge is -2.18. The van der Waals surface area contributed by atoms with Gasteiger partial charge >= 0.3 is 6.18 Å². The number of benzene rings is 2. The molecule has 0 radical (unpaired) electrons. The summed E-state index contributed by atoms with van der Waals surface area (Å²) in [5, 5.41) is 7.78. The van der Waals surface area contributed by atoms with Crippen molar-refractivity contribution in [3.63, 3.8) is 0 Å². The van der Waals surface area contributed by atoms with Crippen molar-refractivity contribution in [3.8, 4) is 0 Å². The molecule has 0 aliphatic carbocycles. The highest BCUT2D eigenvalue weighted by molar-refractivity contribution is 7.80. The molecule has 6 nitrogen and oxygen atoms in total. The second-order valence-corrected chi connectivity index (χ2v) is 8.91. The van der Waals surface area contributed by atoms with E-state index in [1.54, 1.807) is 24.6 Å². The van der Waals surface area contributed by atoms with Crippen molar-refractivity contribution < 1.29 is 17.6 Å². The fraction of sp³-hybridized carbons (Fsp3) is 0.269. The highest BCUT2D eigenvalue weighted by Gasteiger charge is 2.30. The number of aromatic nitrogens is 4. The van der Waals surface area contributed by atoms with Crippen LogP contribution in [0.25, 0.3) is 12.2 Å². The normalized spacial score (nSPS) is 11.9. The highest BCUT2D eigenvalue weighted by atomic mass is 32.1. The van der Waals surface area contributed by atoms with Gasteiger partial charge in [-0.05, 0) is 60.7 Å². The first-order valence-corrected chi connectivity index (χ1v) is 11.9. The van der Waals surface area contributed by atoms with E-state index >= 15 is 0 Å². The van der Waals surface area contributed by atoms with Crippen molar-refractivity contribution in [3.05, 3.63) is 89.4 Å². The fourth-order valence-electron chi connectivity index (χ4n) is 3.70. The summed E-state index contributed by atoms with van der Waals surface area (Å²) in [6, 6.07) is 11.9. The maximum atomic E-state index is 12.8. The Morgan fingerprint density at radius 3 is 2.58 bits per heavy atom. The first-order valence-electron chi connectivity index (χ1n) is 11.4. The average Bonchev–Trinajstić information content (AvgIpc) is 3.53. The number of oxazole rings is 1. The van der Waals surface area contributed by atoms with Crippen LogP contribution in [0.1, 0.15) is 41.1 Å². The van der Waals surface area contributed by atoms with Crippen LogP contribution in [-0.2, 0) is 25.7 Å². The summed E-state index contributed by atoms with van der Waals surface area (Å²) in [5.74, 6) is 0.368. The number of halogens is 3. The predicted octanol–water partition coefficient (Wildman–Crippen LogP) is 6.40. The highest BCUT2D eigenvalue weighted by Crippen LogP contribution is 2.32. The Morgan fingerprint density at radius 2 is 1.89 bits per heavy atom. The van der Waals surface area contributed by atoms with Gasteiger partial charge in [0, 0.05) is 36.4 Å². The number of hydrogen-bond acceptors (Lipinski definition) is 6. The van der Waals surface area contributed by atoms with Crippen molar-refractivity contribution in [2.24, 2.45) is 0 Å². The Balaban J connectivity index is 1.28. The molecule has 0 aliphatic heterocycles. The van der Waals surface area contributed by atoms with E-state index in [-0.39, 0.29) is 4.90 Å². The lowest BCUT2D eigenvalue weighted by Crippen LogP contribution is -2.16. The van der Waals surface area contributed by atoms with Crippen LogP contribution >= 0.6 is 12.6 Å². The van der Waals surface area contributed by atoms with E-state index in [0.29, 0.717) is 18.0 Å². The zero-order valence-corrected chi connectivity index (χ0v) is 20.6. The lowest BCUT2D eigenvalue weighted by molar-refractivity contribution is -0.137.